The maximum atomic E-state index is 5.32. The quantitative estimate of drug-likeness (QED) is 0.561. The Morgan fingerprint density at radius 1 is 1.11 bits per heavy atom. The lowest BCUT2D eigenvalue weighted by atomic mass is 10.4. The molecule has 0 saturated carbocycles. The van der Waals surface area contributed by atoms with Gasteiger partial charge in [0.1, 0.15) is 0 Å². The van der Waals surface area contributed by atoms with Gasteiger partial charge in [0.15, 0.2) is 5.82 Å². The fourth-order valence-electron chi connectivity index (χ4n) is 1.24. The molecule has 0 bridgehead atoms. The van der Waals surface area contributed by atoms with E-state index < -0.39 is 0 Å². The third-order valence-corrected chi connectivity index (χ3v) is 2.17. The van der Waals surface area contributed by atoms with Gasteiger partial charge >= 0.3 is 0 Å². The van der Waals surface area contributed by atoms with Gasteiger partial charge in [-0.05, 0) is 0 Å². The van der Waals surface area contributed by atoms with Gasteiger partial charge in [-0.15, -0.1) is 0 Å². The van der Waals surface area contributed by atoms with Gasteiger partial charge in [0.2, 0.25) is 5.89 Å². The van der Waals surface area contributed by atoms with Gasteiger partial charge in [-0.3, -0.25) is 0 Å². The lowest BCUT2D eigenvalue weighted by Crippen LogP contribution is -2.18. The number of ether oxygens (including phenoxy) is 3. The van der Waals surface area contributed by atoms with E-state index in [0.717, 1.165) is 6.54 Å². The second-order valence-corrected chi connectivity index (χ2v) is 3.63. The van der Waals surface area contributed by atoms with Gasteiger partial charge in [-0.1, -0.05) is 5.16 Å². The van der Waals surface area contributed by atoms with Crippen molar-refractivity contribution in [3.8, 4) is 0 Å². The summed E-state index contributed by atoms with van der Waals surface area (Å²) in [5, 5.41) is 7.00. The standard InChI is InChI=1S/C11H21N3O4/c1-15-6-4-12-9-11-13-10(14-18-11)3-5-17-8-7-16-2/h12H,3-9H2,1-2H3. The number of methoxy groups -OCH3 is 2. The van der Waals surface area contributed by atoms with Crippen LogP contribution >= 0.6 is 0 Å². The van der Waals surface area contributed by atoms with Gasteiger partial charge in [0.25, 0.3) is 0 Å². The fourth-order valence-corrected chi connectivity index (χ4v) is 1.24. The molecule has 0 aromatic carbocycles. The van der Waals surface area contributed by atoms with Gasteiger partial charge < -0.3 is 24.1 Å². The third kappa shape index (κ3) is 6.65. The first-order chi connectivity index (χ1) is 8.86. The van der Waals surface area contributed by atoms with Crippen LogP contribution in [0.2, 0.25) is 0 Å². The first-order valence-electron chi connectivity index (χ1n) is 5.94. The minimum absolute atomic E-state index is 0.556. The Hall–Kier alpha value is -1.02. The molecule has 0 aliphatic carbocycles. The van der Waals surface area contributed by atoms with E-state index in [-0.39, 0.29) is 0 Å². The number of nitrogens with one attached hydrogen (secondary N) is 1. The van der Waals surface area contributed by atoms with Crippen molar-refractivity contribution >= 4 is 0 Å². The maximum absolute atomic E-state index is 5.32. The van der Waals surface area contributed by atoms with Gasteiger partial charge in [0.05, 0.1) is 33.0 Å². The summed E-state index contributed by atoms with van der Waals surface area (Å²) in [6.07, 6.45) is 0.644. The van der Waals surface area contributed by atoms with Gasteiger partial charge in [-0.2, -0.15) is 4.98 Å². The molecule has 104 valence electrons. The van der Waals surface area contributed by atoms with Crippen LogP contribution < -0.4 is 5.32 Å². The van der Waals surface area contributed by atoms with E-state index in [4.69, 9.17) is 18.7 Å². The number of hydrogen-bond acceptors (Lipinski definition) is 7. The number of aromatic nitrogens is 2. The van der Waals surface area contributed by atoms with Crippen molar-refractivity contribution in [2.75, 3.05) is 47.2 Å². The lowest BCUT2D eigenvalue weighted by molar-refractivity contribution is 0.0714. The van der Waals surface area contributed by atoms with E-state index >= 15 is 0 Å². The molecule has 0 atom stereocenters. The van der Waals surface area contributed by atoms with E-state index in [0.29, 0.717) is 51.1 Å². The molecule has 0 saturated heterocycles. The Morgan fingerprint density at radius 3 is 2.72 bits per heavy atom. The normalized spacial score (nSPS) is 11.0. The highest BCUT2D eigenvalue weighted by atomic mass is 16.5. The molecule has 1 aromatic heterocycles. The Morgan fingerprint density at radius 2 is 1.94 bits per heavy atom. The molecule has 0 spiro atoms. The van der Waals surface area contributed by atoms with E-state index in [1.807, 2.05) is 0 Å². The average Bonchev–Trinajstić information content (AvgIpc) is 2.82. The summed E-state index contributed by atoms with van der Waals surface area (Å²) in [5.41, 5.74) is 0. The van der Waals surface area contributed by atoms with Crippen LogP contribution in [0.3, 0.4) is 0 Å². The van der Waals surface area contributed by atoms with Crippen LogP contribution in [-0.4, -0.2) is 57.3 Å². The Bertz CT molecular complexity index is 306. The predicted octanol–water partition coefficient (Wildman–Crippen LogP) is 0.0111. The number of nitrogens with zero attached hydrogens (tertiary/aromatic N) is 2. The summed E-state index contributed by atoms with van der Waals surface area (Å²) in [6.45, 7) is 3.73. The zero-order valence-corrected chi connectivity index (χ0v) is 11.0. The Labute approximate surface area is 107 Å². The summed E-state index contributed by atoms with van der Waals surface area (Å²) < 4.78 is 20.2. The van der Waals surface area contributed by atoms with Crippen LogP contribution in [0.25, 0.3) is 0 Å². The van der Waals surface area contributed by atoms with Crippen molar-refractivity contribution in [3.05, 3.63) is 11.7 Å². The molecule has 1 heterocycles. The highest BCUT2D eigenvalue weighted by Gasteiger charge is 2.05. The van der Waals surface area contributed by atoms with E-state index in [9.17, 15) is 0 Å². The largest absolute Gasteiger partial charge is 0.383 e. The summed E-state index contributed by atoms with van der Waals surface area (Å²) in [5.74, 6) is 1.24. The highest BCUT2D eigenvalue weighted by Crippen LogP contribution is 1.98. The smallest absolute Gasteiger partial charge is 0.240 e. The molecule has 7 heteroatoms. The number of rotatable bonds is 11. The summed E-state index contributed by atoms with van der Waals surface area (Å²) in [4.78, 5) is 4.23. The monoisotopic (exact) mass is 259 g/mol. The van der Waals surface area contributed by atoms with Crippen molar-refractivity contribution in [1.82, 2.24) is 15.5 Å². The number of hydrogen-bond donors (Lipinski definition) is 1. The highest BCUT2D eigenvalue weighted by molar-refractivity contribution is 4.86. The molecule has 0 aliphatic rings. The van der Waals surface area contributed by atoms with Crippen molar-refractivity contribution in [3.63, 3.8) is 0 Å². The summed E-state index contributed by atoms with van der Waals surface area (Å²) in [6, 6.07) is 0. The van der Waals surface area contributed by atoms with Gasteiger partial charge in [0, 0.05) is 27.2 Å². The summed E-state index contributed by atoms with van der Waals surface area (Å²) >= 11 is 0. The topological polar surface area (TPSA) is 78.6 Å². The molecule has 7 nitrogen and oxygen atoms in total. The molecule has 0 amide bonds. The second-order valence-electron chi connectivity index (χ2n) is 3.63. The molecule has 0 radical (unpaired) electrons. The molecule has 1 N–H and O–H groups in total. The lowest BCUT2D eigenvalue weighted by Gasteiger charge is -2.00. The van der Waals surface area contributed by atoms with Crippen molar-refractivity contribution < 1.29 is 18.7 Å². The second kappa shape index (κ2) is 9.95. The van der Waals surface area contributed by atoms with Crippen molar-refractivity contribution in [2.24, 2.45) is 0 Å². The molecule has 1 aromatic rings. The zero-order valence-electron chi connectivity index (χ0n) is 11.0. The van der Waals surface area contributed by atoms with Crippen LogP contribution in [0.1, 0.15) is 11.7 Å². The van der Waals surface area contributed by atoms with Crippen molar-refractivity contribution in [2.45, 2.75) is 13.0 Å². The van der Waals surface area contributed by atoms with Crippen LogP contribution in [0.4, 0.5) is 0 Å². The van der Waals surface area contributed by atoms with Crippen LogP contribution in [0.5, 0.6) is 0 Å². The van der Waals surface area contributed by atoms with E-state index in [1.54, 1.807) is 14.2 Å². The minimum Gasteiger partial charge on any atom is -0.383 e. The van der Waals surface area contributed by atoms with Crippen molar-refractivity contribution in [1.29, 1.82) is 0 Å². The molecule has 0 unspecified atom stereocenters. The first-order valence-corrected chi connectivity index (χ1v) is 5.94. The third-order valence-electron chi connectivity index (χ3n) is 2.17. The first kappa shape index (κ1) is 15.0. The SMILES string of the molecule is COCCNCc1nc(CCOCCOC)no1. The molecule has 0 aliphatic heterocycles. The van der Waals surface area contributed by atoms with E-state index in [1.165, 1.54) is 0 Å². The summed E-state index contributed by atoms with van der Waals surface area (Å²) in [7, 11) is 3.31. The maximum Gasteiger partial charge on any atom is 0.240 e. The fraction of sp³-hybridized carbons (Fsp3) is 0.818. The molecule has 1 rings (SSSR count). The van der Waals surface area contributed by atoms with Crippen LogP contribution in [-0.2, 0) is 27.2 Å². The van der Waals surface area contributed by atoms with Crippen LogP contribution in [0, 0.1) is 0 Å². The predicted molar refractivity (Wildman–Crippen MR) is 64.3 cm³/mol. The van der Waals surface area contributed by atoms with Gasteiger partial charge in [-0.25, -0.2) is 0 Å². The van der Waals surface area contributed by atoms with E-state index in [2.05, 4.69) is 15.5 Å². The van der Waals surface area contributed by atoms with Crippen LogP contribution in [0.15, 0.2) is 4.52 Å². The molecule has 18 heavy (non-hydrogen) atoms. The average molecular weight is 259 g/mol. The Balaban J connectivity index is 2.10. The molecular formula is C11H21N3O4. The zero-order chi connectivity index (χ0) is 13.1. The minimum atomic E-state index is 0.556. The Kier molecular flexibility index (Phi) is 8.32. The molecular weight excluding hydrogens is 238 g/mol. The molecule has 0 fully saturated rings.